The lowest BCUT2D eigenvalue weighted by atomic mass is 9.90. The summed E-state index contributed by atoms with van der Waals surface area (Å²) in [6.07, 6.45) is 5.29. The zero-order valence-corrected chi connectivity index (χ0v) is 17.0. The van der Waals surface area contributed by atoms with E-state index in [1.165, 1.54) is 17.3 Å². The Morgan fingerprint density at radius 1 is 1.24 bits per heavy atom. The van der Waals surface area contributed by atoms with Gasteiger partial charge in [0.1, 0.15) is 0 Å². The minimum atomic E-state index is -0.103. The third kappa shape index (κ3) is 5.21. The number of aromatic nitrogens is 2. The fourth-order valence-electron chi connectivity index (χ4n) is 3.09. The lowest BCUT2D eigenvalue weighted by Crippen LogP contribution is -2.42. The summed E-state index contributed by atoms with van der Waals surface area (Å²) in [5, 5.41) is 8.15. The topological polar surface area (TPSA) is 46.1 Å². The summed E-state index contributed by atoms with van der Waals surface area (Å²) in [7, 11) is 0. The molecule has 1 saturated heterocycles. The Bertz CT molecular complexity index is 684. The van der Waals surface area contributed by atoms with Crippen LogP contribution in [0.2, 0.25) is 0 Å². The molecule has 0 spiro atoms. The van der Waals surface area contributed by atoms with Crippen molar-refractivity contribution in [1.82, 2.24) is 15.1 Å². The average molecular weight is 394 g/mol. The molecule has 4 nitrogen and oxygen atoms in total. The number of hydrogen-bond acceptors (Lipinski definition) is 6. The molecule has 2 heterocycles. The first-order valence-corrected chi connectivity index (χ1v) is 11.4. The molecule has 0 N–H and O–H groups in total. The standard InChI is InChI=1S/C18H23N3OS3/c1-13(24-18-20-19-17(23-2)25-18)16(22)21-10-8-15(9-11-21)12-14-6-4-3-5-7-14/h3-7,13,15H,8-12H2,1-2H3/t13-/m0/s1. The molecule has 1 aliphatic rings. The molecule has 0 radical (unpaired) electrons. The van der Waals surface area contributed by atoms with E-state index in [4.69, 9.17) is 0 Å². The summed E-state index contributed by atoms with van der Waals surface area (Å²) in [5.41, 5.74) is 1.40. The molecule has 1 atom stereocenters. The van der Waals surface area contributed by atoms with Crippen molar-refractivity contribution in [2.45, 2.75) is 40.1 Å². The van der Waals surface area contributed by atoms with Gasteiger partial charge in [0, 0.05) is 13.1 Å². The number of thioether (sulfide) groups is 2. The van der Waals surface area contributed by atoms with E-state index >= 15 is 0 Å². The predicted molar refractivity (Wildman–Crippen MR) is 106 cm³/mol. The van der Waals surface area contributed by atoms with Gasteiger partial charge in [-0.3, -0.25) is 4.79 Å². The molecular weight excluding hydrogens is 370 g/mol. The SMILES string of the molecule is CSc1nnc(S[C@@H](C)C(=O)N2CCC(Cc3ccccc3)CC2)s1. The van der Waals surface area contributed by atoms with Crippen molar-refractivity contribution in [1.29, 1.82) is 0 Å². The van der Waals surface area contributed by atoms with E-state index in [0.717, 1.165) is 41.0 Å². The van der Waals surface area contributed by atoms with Crippen LogP contribution in [-0.2, 0) is 11.2 Å². The molecule has 3 rings (SSSR count). The van der Waals surface area contributed by atoms with Crippen LogP contribution < -0.4 is 0 Å². The van der Waals surface area contributed by atoms with E-state index in [0.29, 0.717) is 5.92 Å². The third-order valence-electron chi connectivity index (χ3n) is 4.48. The predicted octanol–water partition coefficient (Wildman–Crippen LogP) is 4.22. The van der Waals surface area contributed by atoms with Crippen molar-refractivity contribution >= 4 is 40.8 Å². The zero-order chi connectivity index (χ0) is 17.6. The second kappa shape index (κ2) is 9.05. The lowest BCUT2D eigenvalue weighted by molar-refractivity contribution is -0.131. The molecule has 1 fully saturated rings. The Morgan fingerprint density at radius 3 is 2.56 bits per heavy atom. The largest absolute Gasteiger partial charge is 0.342 e. The Morgan fingerprint density at radius 2 is 1.92 bits per heavy atom. The number of carbonyl (C=O) groups is 1. The van der Waals surface area contributed by atoms with Gasteiger partial charge in [-0.25, -0.2) is 0 Å². The summed E-state index contributed by atoms with van der Waals surface area (Å²) < 4.78 is 1.83. The van der Waals surface area contributed by atoms with Gasteiger partial charge in [-0.15, -0.1) is 10.2 Å². The number of piperidine rings is 1. The molecule has 134 valence electrons. The van der Waals surface area contributed by atoms with Crippen LogP contribution >= 0.6 is 34.9 Å². The van der Waals surface area contributed by atoms with E-state index in [1.54, 1.807) is 23.1 Å². The van der Waals surface area contributed by atoms with E-state index in [1.807, 2.05) is 18.1 Å². The van der Waals surface area contributed by atoms with Crippen LogP contribution in [0.5, 0.6) is 0 Å². The monoisotopic (exact) mass is 393 g/mol. The quantitative estimate of drug-likeness (QED) is 0.688. The number of hydrogen-bond donors (Lipinski definition) is 0. The number of nitrogens with zero attached hydrogens (tertiary/aromatic N) is 3. The number of carbonyl (C=O) groups excluding carboxylic acids is 1. The van der Waals surface area contributed by atoms with Crippen LogP contribution in [0.4, 0.5) is 0 Å². The minimum absolute atomic E-state index is 0.103. The van der Waals surface area contributed by atoms with Crippen molar-refractivity contribution in [3.8, 4) is 0 Å². The van der Waals surface area contributed by atoms with E-state index < -0.39 is 0 Å². The first-order valence-electron chi connectivity index (χ1n) is 8.52. The minimum Gasteiger partial charge on any atom is -0.342 e. The third-order valence-corrected chi connectivity index (χ3v) is 7.55. The van der Waals surface area contributed by atoms with E-state index in [-0.39, 0.29) is 11.2 Å². The van der Waals surface area contributed by atoms with Crippen LogP contribution in [0.3, 0.4) is 0 Å². The number of likely N-dealkylation sites (tertiary alicyclic amines) is 1. The van der Waals surface area contributed by atoms with Gasteiger partial charge in [-0.2, -0.15) is 0 Å². The highest BCUT2D eigenvalue weighted by Gasteiger charge is 2.27. The molecule has 2 aromatic rings. The highest BCUT2D eigenvalue weighted by molar-refractivity contribution is 8.03. The lowest BCUT2D eigenvalue weighted by Gasteiger charge is -2.33. The van der Waals surface area contributed by atoms with E-state index in [2.05, 4.69) is 40.5 Å². The van der Waals surface area contributed by atoms with Gasteiger partial charge in [0.15, 0.2) is 8.68 Å². The van der Waals surface area contributed by atoms with Crippen molar-refractivity contribution in [2.75, 3.05) is 19.3 Å². The maximum absolute atomic E-state index is 12.7. The summed E-state index contributed by atoms with van der Waals surface area (Å²) >= 11 is 4.68. The summed E-state index contributed by atoms with van der Waals surface area (Å²) in [6.45, 7) is 3.71. The van der Waals surface area contributed by atoms with Gasteiger partial charge in [-0.1, -0.05) is 65.2 Å². The normalized spacial score (nSPS) is 16.8. The second-order valence-electron chi connectivity index (χ2n) is 6.26. The van der Waals surface area contributed by atoms with Crippen molar-refractivity contribution in [3.05, 3.63) is 35.9 Å². The Hall–Kier alpha value is -1.05. The fraction of sp³-hybridized carbons (Fsp3) is 0.500. The zero-order valence-electron chi connectivity index (χ0n) is 14.6. The molecule has 0 bridgehead atoms. The van der Waals surface area contributed by atoms with E-state index in [9.17, 15) is 4.79 Å². The van der Waals surface area contributed by atoms with Gasteiger partial charge >= 0.3 is 0 Å². The average Bonchev–Trinajstić information content (AvgIpc) is 3.10. The first-order chi connectivity index (χ1) is 12.2. The highest BCUT2D eigenvalue weighted by atomic mass is 32.2. The fourth-order valence-corrected chi connectivity index (χ4v) is 5.76. The number of amides is 1. The molecule has 1 aliphatic heterocycles. The summed E-state index contributed by atoms with van der Waals surface area (Å²) in [5.74, 6) is 0.908. The van der Waals surface area contributed by atoms with Gasteiger partial charge in [0.05, 0.1) is 5.25 Å². The van der Waals surface area contributed by atoms with Crippen molar-refractivity contribution < 1.29 is 4.79 Å². The summed E-state index contributed by atoms with van der Waals surface area (Å²) in [4.78, 5) is 14.7. The second-order valence-corrected chi connectivity index (χ2v) is 9.88. The maximum atomic E-state index is 12.7. The van der Waals surface area contributed by atoms with Gasteiger partial charge < -0.3 is 4.90 Å². The maximum Gasteiger partial charge on any atom is 0.235 e. The molecular formula is C18H23N3OS3. The van der Waals surface area contributed by atoms with Crippen LogP contribution in [0.25, 0.3) is 0 Å². The smallest absolute Gasteiger partial charge is 0.235 e. The Kier molecular flexibility index (Phi) is 6.78. The van der Waals surface area contributed by atoms with Crippen LogP contribution in [0, 0.1) is 5.92 Å². The Labute approximate surface area is 161 Å². The number of rotatable bonds is 6. The molecule has 0 saturated carbocycles. The molecule has 1 aromatic heterocycles. The van der Waals surface area contributed by atoms with Crippen LogP contribution in [0.15, 0.2) is 39.0 Å². The molecule has 1 aromatic carbocycles. The van der Waals surface area contributed by atoms with Gasteiger partial charge in [-0.05, 0) is 43.9 Å². The molecule has 1 amide bonds. The number of benzene rings is 1. The Balaban J connectivity index is 1.47. The molecule has 0 aliphatic carbocycles. The highest BCUT2D eigenvalue weighted by Crippen LogP contribution is 2.31. The first kappa shape index (κ1) is 18.7. The summed E-state index contributed by atoms with van der Waals surface area (Å²) in [6, 6.07) is 10.7. The van der Waals surface area contributed by atoms with Crippen LogP contribution in [0.1, 0.15) is 25.3 Å². The molecule has 7 heteroatoms. The molecule has 0 unspecified atom stereocenters. The van der Waals surface area contributed by atoms with Crippen LogP contribution in [-0.4, -0.2) is 45.6 Å². The van der Waals surface area contributed by atoms with Crippen molar-refractivity contribution in [3.63, 3.8) is 0 Å². The van der Waals surface area contributed by atoms with Gasteiger partial charge in [0.25, 0.3) is 0 Å². The molecule has 25 heavy (non-hydrogen) atoms. The van der Waals surface area contributed by atoms with Gasteiger partial charge in [0.2, 0.25) is 5.91 Å². The van der Waals surface area contributed by atoms with Crippen molar-refractivity contribution in [2.24, 2.45) is 5.92 Å².